The Hall–Kier alpha value is -2.76. The van der Waals surface area contributed by atoms with E-state index < -0.39 is 0 Å². The second kappa shape index (κ2) is 5.08. The molecular weight excluding hydrogens is 256 g/mol. The molecule has 0 saturated heterocycles. The number of fused-ring (bicyclic) bond motifs is 1. The number of para-hydroxylation sites is 1. The molecule has 2 aromatic rings. The van der Waals surface area contributed by atoms with E-state index in [4.69, 9.17) is 5.21 Å². The summed E-state index contributed by atoms with van der Waals surface area (Å²) in [5.74, 6) is -0.206. The molecule has 1 N–H and O–H groups in total. The van der Waals surface area contributed by atoms with Crippen molar-refractivity contribution in [2.24, 2.45) is 5.16 Å². The fourth-order valence-corrected chi connectivity index (χ4v) is 2.29. The number of rotatable bonds is 1. The Labute approximate surface area is 115 Å². The van der Waals surface area contributed by atoms with Crippen LogP contribution in [0.5, 0.6) is 0 Å². The van der Waals surface area contributed by atoms with Crippen molar-refractivity contribution in [1.82, 2.24) is 9.97 Å². The maximum atomic E-state index is 12.5. The molecule has 1 aliphatic heterocycles. The van der Waals surface area contributed by atoms with Crippen LogP contribution < -0.4 is 4.90 Å². The number of carbonyl (C=O) groups is 1. The van der Waals surface area contributed by atoms with Gasteiger partial charge in [-0.15, -0.1) is 0 Å². The minimum atomic E-state index is -0.206. The monoisotopic (exact) mass is 268 g/mol. The van der Waals surface area contributed by atoms with Crippen molar-refractivity contribution < 1.29 is 10.0 Å². The van der Waals surface area contributed by atoms with Crippen molar-refractivity contribution in [2.75, 3.05) is 11.4 Å². The van der Waals surface area contributed by atoms with Crippen LogP contribution in [0.1, 0.15) is 22.5 Å². The summed E-state index contributed by atoms with van der Waals surface area (Å²) >= 11 is 0. The minimum Gasteiger partial charge on any atom is -0.411 e. The van der Waals surface area contributed by atoms with Crippen LogP contribution in [0.25, 0.3) is 0 Å². The number of amides is 1. The zero-order valence-electron chi connectivity index (χ0n) is 10.6. The van der Waals surface area contributed by atoms with Gasteiger partial charge in [0.25, 0.3) is 5.91 Å². The van der Waals surface area contributed by atoms with Gasteiger partial charge in [0.15, 0.2) is 0 Å². The first kappa shape index (κ1) is 12.3. The van der Waals surface area contributed by atoms with Crippen LogP contribution >= 0.6 is 0 Å². The maximum absolute atomic E-state index is 12.5. The normalized spacial score (nSPS) is 16.0. The number of benzene rings is 1. The number of carbonyl (C=O) groups excluding carboxylic acids is 1. The number of hydrogen-bond donors (Lipinski definition) is 1. The van der Waals surface area contributed by atoms with Gasteiger partial charge < -0.3 is 10.1 Å². The van der Waals surface area contributed by atoms with E-state index in [9.17, 15) is 4.79 Å². The zero-order valence-corrected chi connectivity index (χ0v) is 10.6. The molecule has 0 atom stereocenters. The fourth-order valence-electron chi connectivity index (χ4n) is 2.29. The topological polar surface area (TPSA) is 78.7 Å². The van der Waals surface area contributed by atoms with Gasteiger partial charge in [-0.2, -0.15) is 0 Å². The van der Waals surface area contributed by atoms with Crippen LogP contribution in [0, 0.1) is 0 Å². The average molecular weight is 268 g/mol. The summed E-state index contributed by atoms with van der Waals surface area (Å²) in [6.45, 7) is 0.450. The van der Waals surface area contributed by atoms with Crippen molar-refractivity contribution in [3.8, 4) is 0 Å². The van der Waals surface area contributed by atoms with Crippen molar-refractivity contribution in [3.05, 3.63) is 54.1 Å². The van der Waals surface area contributed by atoms with Crippen LogP contribution in [0.15, 0.2) is 48.0 Å². The average Bonchev–Trinajstić information content (AvgIpc) is 2.54. The number of aromatic nitrogens is 2. The van der Waals surface area contributed by atoms with Gasteiger partial charge in [0.2, 0.25) is 0 Å². The fraction of sp³-hybridized carbons (Fsp3) is 0.143. The summed E-state index contributed by atoms with van der Waals surface area (Å²) in [7, 11) is 0. The summed E-state index contributed by atoms with van der Waals surface area (Å²) in [6.07, 6.45) is 4.96. The molecule has 1 aliphatic rings. The molecule has 0 aliphatic carbocycles. The van der Waals surface area contributed by atoms with E-state index in [1.54, 1.807) is 4.90 Å². The van der Waals surface area contributed by atoms with Gasteiger partial charge in [0.05, 0.1) is 17.6 Å². The first-order valence-corrected chi connectivity index (χ1v) is 6.19. The lowest BCUT2D eigenvalue weighted by molar-refractivity contribution is 0.0981. The van der Waals surface area contributed by atoms with Crippen LogP contribution in [0.3, 0.4) is 0 Å². The van der Waals surface area contributed by atoms with Crippen LogP contribution in [0.4, 0.5) is 5.69 Å². The molecule has 0 bridgehead atoms. The largest absolute Gasteiger partial charge is 0.411 e. The molecule has 1 aromatic carbocycles. The summed E-state index contributed by atoms with van der Waals surface area (Å²) in [6, 6.07) is 7.35. The first-order valence-electron chi connectivity index (χ1n) is 6.19. The van der Waals surface area contributed by atoms with Crippen LogP contribution in [-0.4, -0.2) is 33.3 Å². The molecule has 0 saturated carbocycles. The van der Waals surface area contributed by atoms with Gasteiger partial charge in [-0.3, -0.25) is 9.78 Å². The predicted molar refractivity (Wildman–Crippen MR) is 73.1 cm³/mol. The number of oxime groups is 1. The van der Waals surface area contributed by atoms with E-state index in [1.807, 2.05) is 24.3 Å². The molecule has 2 heterocycles. The lowest BCUT2D eigenvalue weighted by atomic mass is 9.99. The van der Waals surface area contributed by atoms with Gasteiger partial charge in [0, 0.05) is 30.9 Å². The van der Waals surface area contributed by atoms with E-state index >= 15 is 0 Å². The SMILES string of the molecule is O=C(c1cnccn1)N1CC/C(=N/O)c2ccccc21. The van der Waals surface area contributed by atoms with E-state index in [1.165, 1.54) is 18.6 Å². The van der Waals surface area contributed by atoms with E-state index in [0.29, 0.717) is 24.4 Å². The summed E-state index contributed by atoms with van der Waals surface area (Å²) < 4.78 is 0. The molecule has 0 fully saturated rings. The van der Waals surface area contributed by atoms with E-state index in [-0.39, 0.29) is 5.91 Å². The molecule has 6 nitrogen and oxygen atoms in total. The van der Waals surface area contributed by atoms with Crippen molar-refractivity contribution in [3.63, 3.8) is 0 Å². The highest BCUT2D eigenvalue weighted by molar-refractivity contribution is 6.14. The third-order valence-corrected chi connectivity index (χ3v) is 3.23. The quantitative estimate of drug-likeness (QED) is 0.630. The van der Waals surface area contributed by atoms with Crippen LogP contribution in [-0.2, 0) is 0 Å². The Morgan fingerprint density at radius 1 is 1.30 bits per heavy atom. The molecule has 0 unspecified atom stereocenters. The van der Waals surface area contributed by atoms with Gasteiger partial charge in [-0.05, 0) is 6.07 Å². The van der Waals surface area contributed by atoms with Gasteiger partial charge in [0.1, 0.15) is 5.69 Å². The molecule has 0 spiro atoms. The zero-order chi connectivity index (χ0) is 13.9. The Kier molecular flexibility index (Phi) is 3.12. The van der Waals surface area contributed by atoms with Gasteiger partial charge >= 0.3 is 0 Å². The summed E-state index contributed by atoms with van der Waals surface area (Å²) in [5.41, 5.74) is 2.37. The number of anilines is 1. The predicted octanol–water partition coefficient (Wildman–Crippen LogP) is 1.71. The molecule has 20 heavy (non-hydrogen) atoms. The molecule has 1 amide bonds. The van der Waals surface area contributed by atoms with E-state index in [2.05, 4.69) is 15.1 Å². The molecule has 6 heteroatoms. The Morgan fingerprint density at radius 3 is 2.90 bits per heavy atom. The lowest BCUT2D eigenvalue weighted by Crippen LogP contribution is -2.38. The third-order valence-electron chi connectivity index (χ3n) is 3.23. The first-order chi connectivity index (χ1) is 9.81. The molecule has 0 radical (unpaired) electrons. The molecule has 1 aromatic heterocycles. The molecule has 3 rings (SSSR count). The Morgan fingerprint density at radius 2 is 2.15 bits per heavy atom. The molecular formula is C14H12N4O2. The highest BCUT2D eigenvalue weighted by atomic mass is 16.4. The van der Waals surface area contributed by atoms with Gasteiger partial charge in [-0.1, -0.05) is 23.4 Å². The Balaban J connectivity index is 2.02. The van der Waals surface area contributed by atoms with Crippen molar-refractivity contribution in [1.29, 1.82) is 0 Å². The van der Waals surface area contributed by atoms with Gasteiger partial charge in [-0.25, -0.2) is 4.98 Å². The summed E-state index contributed by atoms with van der Waals surface area (Å²) in [4.78, 5) is 22.1. The second-order valence-corrected chi connectivity index (χ2v) is 4.36. The molecule has 100 valence electrons. The standard InChI is InChI=1S/C14H12N4O2/c19-14(12-9-15-6-7-16-12)18-8-5-11(17-20)10-3-1-2-4-13(10)18/h1-4,6-7,9,20H,5,8H2/b17-11-. The second-order valence-electron chi connectivity index (χ2n) is 4.36. The van der Waals surface area contributed by atoms with Crippen molar-refractivity contribution >= 4 is 17.3 Å². The highest BCUT2D eigenvalue weighted by Gasteiger charge is 2.27. The maximum Gasteiger partial charge on any atom is 0.278 e. The lowest BCUT2D eigenvalue weighted by Gasteiger charge is -2.29. The Bertz CT molecular complexity index is 670. The smallest absolute Gasteiger partial charge is 0.278 e. The minimum absolute atomic E-state index is 0.206. The number of hydrogen-bond acceptors (Lipinski definition) is 5. The van der Waals surface area contributed by atoms with Crippen molar-refractivity contribution in [2.45, 2.75) is 6.42 Å². The van der Waals surface area contributed by atoms with Crippen LogP contribution in [0.2, 0.25) is 0 Å². The van der Waals surface area contributed by atoms with E-state index in [0.717, 1.165) is 11.3 Å². The highest BCUT2D eigenvalue weighted by Crippen LogP contribution is 2.28. The third kappa shape index (κ3) is 2.01. The summed E-state index contributed by atoms with van der Waals surface area (Å²) in [5, 5.41) is 12.3. The number of nitrogens with zero attached hydrogens (tertiary/aromatic N) is 4.